The molecule has 1 saturated carbocycles. The van der Waals surface area contributed by atoms with E-state index in [0.717, 1.165) is 0 Å². The Kier molecular flexibility index (Phi) is 7.32. The van der Waals surface area contributed by atoms with Crippen molar-refractivity contribution in [3.63, 3.8) is 0 Å². The van der Waals surface area contributed by atoms with E-state index in [2.05, 4.69) is 5.32 Å². The van der Waals surface area contributed by atoms with Gasteiger partial charge in [0.25, 0.3) is 0 Å². The van der Waals surface area contributed by atoms with Crippen molar-refractivity contribution < 1.29 is 14.3 Å². The average Bonchev–Trinajstić information content (AvgIpc) is 3.30. The molecule has 1 aromatic rings. The summed E-state index contributed by atoms with van der Waals surface area (Å²) in [6.45, 7) is 0.831. The molecule has 0 radical (unpaired) electrons. The predicted molar refractivity (Wildman–Crippen MR) is 84.1 cm³/mol. The van der Waals surface area contributed by atoms with Crippen LogP contribution in [0.5, 0.6) is 11.5 Å². The highest BCUT2D eigenvalue weighted by molar-refractivity contribution is 5.85. The van der Waals surface area contributed by atoms with E-state index in [1.54, 1.807) is 7.11 Å². The number of hydrogen-bond donors (Lipinski definition) is 2. The molecule has 1 aliphatic rings. The van der Waals surface area contributed by atoms with Crippen LogP contribution >= 0.6 is 12.4 Å². The van der Waals surface area contributed by atoms with Gasteiger partial charge in [-0.2, -0.15) is 0 Å². The van der Waals surface area contributed by atoms with Gasteiger partial charge in [-0.25, -0.2) is 0 Å². The van der Waals surface area contributed by atoms with Crippen molar-refractivity contribution in [1.82, 2.24) is 5.32 Å². The third-order valence-electron chi connectivity index (χ3n) is 3.45. The molecule has 0 aliphatic heterocycles. The Morgan fingerprint density at radius 2 is 2.05 bits per heavy atom. The number of methoxy groups -OCH3 is 1. The molecule has 0 saturated heterocycles. The molecular weight excluding hydrogens is 292 g/mol. The minimum Gasteiger partial charge on any atom is -0.493 e. The molecule has 6 heteroatoms. The van der Waals surface area contributed by atoms with Crippen molar-refractivity contribution in [2.24, 2.45) is 11.7 Å². The summed E-state index contributed by atoms with van der Waals surface area (Å²) in [6.07, 6.45) is 2.65. The molecule has 5 nitrogen and oxygen atoms in total. The molecule has 1 fully saturated rings. The van der Waals surface area contributed by atoms with Crippen LogP contribution in [-0.2, 0) is 4.79 Å². The van der Waals surface area contributed by atoms with Crippen LogP contribution in [0.15, 0.2) is 24.3 Å². The number of ether oxygens (including phenoxy) is 2. The maximum atomic E-state index is 11.8. The minimum absolute atomic E-state index is 0. The maximum absolute atomic E-state index is 11.8. The van der Waals surface area contributed by atoms with Crippen molar-refractivity contribution in [2.45, 2.75) is 25.3 Å². The van der Waals surface area contributed by atoms with Gasteiger partial charge < -0.3 is 20.5 Å². The quantitative estimate of drug-likeness (QED) is 0.766. The summed E-state index contributed by atoms with van der Waals surface area (Å²) in [5, 5.41) is 2.97. The highest BCUT2D eigenvalue weighted by Gasteiger charge is 2.31. The summed E-state index contributed by atoms with van der Waals surface area (Å²) in [6, 6.07) is 7.51. The summed E-state index contributed by atoms with van der Waals surface area (Å²) in [5.74, 6) is 1.88. The number of nitrogens with one attached hydrogen (secondary N) is 1. The number of amides is 1. The zero-order valence-corrected chi connectivity index (χ0v) is 13.0. The van der Waals surface area contributed by atoms with E-state index in [1.807, 2.05) is 24.3 Å². The Balaban J connectivity index is 0.00000220. The highest BCUT2D eigenvalue weighted by atomic mass is 35.5. The summed E-state index contributed by atoms with van der Waals surface area (Å²) < 4.78 is 10.8. The Bertz CT molecular complexity index is 452. The molecule has 1 unspecified atom stereocenters. The number of rotatable bonds is 8. The van der Waals surface area contributed by atoms with E-state index in [1.165, 1.54) is 12.8 Å². The van der Waals surface area contributed by atoms with Crippen molar-refractivity contribution in [1.29, 1.82) is 0 Å². The van der Waals surface area contributed by atoms with Crippen molar-refractivity contribution >= 4 is 18.3 Å². The van der Waals surface area contributed by atoms with Crippen LogP contribution in [-0.4, -0.2) is 32.2 Å². The van der Waals surface area contributed by atoms with E-state index in [0.29, 0.717) is 37.0 Å². The van der Waals surface area contributed by atoms with Gasteiger partial charge in [0, 0.05) is 12.6 Å². The van der Waals surface area contributed by atoms with Gasteiger partial charge in [-0.1, -0.05) is 12.1 Å². The number of carbonyl (C=O) groups is 1. The van der Waals surface area contributed by atoms with E-state index in [9.17, 15) is 4.79 Å². The third-order valence-corrected chi connectivity index (χ3v) is 3.45. The lowest BCUT2D eigenvalue weighted by atomic mass is 10.2. The van der Waals surface area contributed by atoms with E-state index in [4.69, 9.17) is 15.2 Å². The Labute approximate surface area is 131 Å². The van der Waals surface area contributed by atoms with Crippen molar-refractivity contribution in [2.75, 3.05) is 20.3 Å². The van der Waals surface area contributed by atoms with Crippen LogP contribution in [0, 0.1) is 5.92 Å². The van der Waals surface area contributed by atoms with Crippen LogP contribution in [0.3, 0.4) is 0 Å². The molecule has 0 heterocycles. The molecule has 118 valence electrons. The number of carbonyl (C=O) groups excluding carboxylic acids is 1. The lowest BCUT2D eigenvalue weighted by Gasteiger charge is -2.16. The molecule has 0 bridgehead atoms. The lowest BCUT2D eigenvalue weighted by molar-refractivity contribution is -0.122. The second kappa shape index (κ2) is 8.74. The minimum atomic E-state index is -0.0118. The molecule has 0 aromatic heterocycles. The highest BCUT2D eigenvalue weighted by Crippen LogP contribution is 2.32. The normalized spacial score (nSPS) is 14.8. The number of benzene rings is 1. The van der Waals surface area contributed by atoms with Gasteiger partial charge in [0.1, 0.15) is 0 Å². The largest absolute Gasteiger partial charge is 0.493 e. The zero-order valence-electron chi connectivity index (χ0n) is 12.2. The first-order valence-corrected chi connectivity index (χ1v) is 7.00. The maximum Gasteiger partial charge on any atom is 0.223 e. The van der Waals surface area contributed by atoms with Crippen LogP contribution in [0.25, 0.3) is 0 Å². The first-order chi connectivity index (χ1) is 9.74. The third kappa shape index (κ3) is 5.44. The van der Waals surface area contributed by atoms with Crippen LogP contribution < -0.4 is 20.5 Å². The summed E-state index contributed by atoms with van der Waals surface area (Å²) in [5.41, 5.74) is 5.66. The number of halogens is 1. The fraction of sp³-hybridized carbons (Fsp3) is 0.533. The Hall–Kier alpha value is -1.46. The van der Waals surface area contributed by atoms with Gasteiger partial charge in [-0.05, 0) is 30.9 Å². The fourth-order valence-electron chi connectivity index (χ4n) is 2.14. The van der Waals surface area contributed by atoms with Crippen LogP contribution in [0.4, 0.5) is 0 Å². The van der Waals surface area contributed by atoms with Gasteiger partial charge >= 0.3 is 0 Å². The summed E-state index contributed by atoms with van der Waals surface area (Å²) in [4.78, 5) is 11.8. The predicted octanol–water partition coefficient (Wildman–Crippen LogP) is 1.74. The Morgan fingerprint density at radius 1 is 1.38 bits per heavy atom. The van der Waals surface area contributed by atoms with Gasteiger partial charge in [0.05, 0.1) is 20.1 Å². The van der Waals surface area contributed by atoms with Gasteiger partial charge in [-0.15, -0.1) is 12.4 Å². The van der Waals surface area contributed by atoms with Crippen molar-refractivity contribution in [3.05, 3.63) is 24.3 Å². The second-order valence-corrected chi connectivity index (χ2v) is 5.00. The van der Waals surface area contributed by atoms with E-state index in [-0.39, 0.29) is 24.4 Å². The number of nitrogens with two attached hydrogens (primary N) is 1. The van der Waals surface area contributed by atoms with Gasteiger partial charge in [-0.3, -0.25) is 4.79 Å². The first-order valence-electron chi connectivity index (χ1n) is 7.00. The van der Waals surface area contributed by atoms with Crippen molar-refractivity contribution in [3.8, 4) is 11.5 Å². The van der Waals surface area contributed by atoms with Gasteiger partial charge in [0.15, 0.2) is 11.5 Å². The average molecular weight is 315 g/mol. The van der Waals surface area contributed by atoms with Gasteiger partial charge in [0.2, 0.25) is 5.91 Å². The molecule has 21 heavy (non-hydrogen) atoms. The summed E-state index contributed by atoms with van der Waals surface area (Å²) >= 11 is 0. The Morgan fingerprint density at radius 3 is 2.62 bits per heavy atom. The molecule has 1 aromatic carbocycles. The lowest BCUT2D eigenvalue weighted by Crippen LogP contribution is -2.42. The zero-order chi connectivity index (χ0) is 14.4. The number of para-hydroxylation sites is 2. The fourth-order valence-corrected chi connectivity index (χ4v) is 2.14. The SMILES string of the molecule is COc1ccccc1OCCC(=O)NC(CN)C1CC1.Cl. The van der Waals surface area contributed by atoms with E-state index < -0.39 is 0 Å². The van der Waals surface area contributed by atoms with Crippen LogP contribution in [0.1, 0.15) is 19.3 Å². The smallest absolute Gasteiger partial charge is 0.223 e. The molecule has 1 amide bonds. The van der Waals surface area contributed by atoms with E-state index >= 15 is 0 Å². The molecule has 0 spiro atoms. The number of hydrogen-bond acceptors (Lipinski definition) is 4. The molecular formula is C15H23ClN2O3. The first kappa shape index (κ1) is 17.6. The summed E-state index contributed by atoms with van der Waals surface area (Å²) in [7, 11) is 1.59. The standard InChI is InChI=1S/C15H22N2O3.ClH/c1-19-13-4-2-3-5-14(13)20-9-8-15(18)17-12(10-16)11-6-7-11;/h2-5,11-12H,6-10,16H2,1H3,(H,17,18);1H. The molecule has 3 N–H and O–H groups in total. The monoisotopic (exact) mass is 314 g/mol. The molecule has 1 aliphatic carbocycles. The molecule has 1 atom stereocenters. The molecule has 2 rings (SSSR count). The second-order valence-electron chi connectivity index (χ2n) is 5.00. The topological polar surface area (TPSA) is 73.6 Å². The van der Waals surface area contributed by atoms with Crippen LogP contribution in [0.2, 0.25) is 0 Å².